The maximum atomic E-state index is 11.6. The van der Waals surface area contributed by atoms with Gasteiger partial charge in [-0.2, -0.15) is 0 Å². The normalized spacial score (nSPS) is 25.2. The van der Waals surface area contributed by atoms with Crippen LogP contribution in [0.15, 0.2) is 42.5 Å². The summed E-state index contributed by atoms with van der Waals surface area (Å²) in [5, 5.41) is 20.3. The van der Waals surface area contributed by atoms with Crippen molar-refractivity contribution < 1.29 is 19.8 Å². The molecule has 1 aliphatic rings. The minimum atomic E-state index is -1.27. The molecule has 0 heterocycles. The second kappa shape index (κ2) is 3.82. The van der Waals surface area contributed by atoms with Gasteiger partial charge in [0, 0.05) is 0 Å². The minimum Gasteiger partial charge on any atom is -0.481 e. The second-order valence-corrected chi connectivity index (χ2v) is 4.90. The van der Waals surface area contributed by atoms with Crippen molar-refractivity contribution >= 4 is 22.7 Å². The molecule has 4 nitrogen and oxygen atoms in total. The fourth-order valence-corrected chi connectivity index (χ4v) is 2.82. The fraction of sp³-hybridized carbons (Fsp3) is 0.200. The first kappa shape index (κ1) is 11.7. The quantitative estimate of drug-likeness (QED) is 0.883. The fourth-order valence-electron chi connectivity index (χ4n) is 2.82. The van der Waals surface area contributed by atoms with Gasteiger partial charge in [-0.05, 0) is 22.8 Å². The number of carboxylic acid groups (broad SMARTS) is 2. The van der Waals surface area contributed by atoms with Crippen molar-refractivity contribution in [1.29, 1.82) is 0 Å². The summed E-state index contributed by atoms with van der Waals surface area (Å²) in [6.45, 7) is 0. The molecule has 0 aliphatic heterocycles. The van der Waals surface area contributed by atoms with E-state index >= 15 is 0 Å². The average molecular weight is 256 g/mol. The summed E-state index contributed by atoms with van der Waals surface area (Å²) in [5.41, 5.74) is -0.669. The van der Waals surface area contributed by atoms with Crippen LogP contribution in [0.3, 0.4) is 0 Å². The summed E-state index contributed by atoms with van der Waals surface area (Å²) in [7, 11) is 0. The van der Waals surface area contributed by atoms with Crippen LogP contribution in [-0.2, 0) is 15.0 Å². The van der Waals surface area contributed by atoms with Crippen LogP contribution in [0.5, 0.6) is 0 Å². The van der Waals surface area contributed by atoms with Crippen molar-refractivity contribution in [1.82, 2.24) is 0 Å². The molecule has 0 aromatic heterocycles. The first-order chi connectivity index (χ1) is 9.07. The van der Waals surface area contributed by atoms with Gasteiger partial charge < -0.3 is 10.2 Å². The van der Waals surface area contributed by atoms with Gasteiger partial charge in [0.15, 0.2) is 0 Å². The number of carboxylic acids is 2. The molecule has 2 atom stereocenters. The largest absolute Gasteiger partial charge is 0.481 e. The van der Waals surface area contributed by atoms with Gasteiger partial charge in [0.05, 0.1) is 5.92 Å². The van der Waals surface area contributed by atoms with Crippen molar-refractivity contribution in [3.8, 4) is 0 Å². The third kappa shape index (κ3) is 1.53. The Morgan fingerprint density at radius 3 is 2.37 bits per heavy atom. The molecule has 1 fully saturated rings. The van der Waals surface area contributed by atoms with E-state index in [4.69, 9.17) is 5.11 Å². The molecule has 2 aromatic carbocycles. The number of benzene rings is 2. The van der Waals surface area contributed by atoms with Crippen molar-refractivity contribution in [2.75, 3.05) is 0 Å². The SMILES string of the molecule is O=C(O)C1CC1(C(=O)O)c1cccc2ccccc12. The van der Waals surface area contributed by atoms with Crippen LogP contribution in [0.2, 0.25) is 0 Å². The van der Waals surface area contributed by atoms with Gasteiger partial charge in [0.2, 0.25) is 0 Å². The molecule has 2 N–H and O–H groups in total. The van der Waals surface area contributed by atoms with Gasteiger partial charge in [-0.1, -0.05) is 42.5 Å². The highest BCUT2D eigenvalue weighted by molar-refractivity contribution is 6.00. The highest BCUT2D eigenvalue weighted by atomic mass is 16.4. The molecule has 0 bridgehead atoms. The lowest BCUT2D eigenvalue weighted by Gasteiger charge is -2.14. The number of hydrogen-bond acceptors (Lipinski definition) is 2. The zero-order valence-corrected chi connectivity index (χ0v) is 10.0. The Morgan fingerprint density at radius 1 is 1.05 bits per heavy atom. The van der Waals surface area contributed by atoms with E-state index in [-0.39, 0.29) is 6.42 Å². The van der Waals surface area contributed by atoms with Crippen LogP contribution >= 0.6 is 0 Å². The highest BCUT2D eigenvalue weighted by Crippen LogP contribution is 2.56. The van der Waals surface area contributed by atoms with Crippen molar-refractivity contribution in [3.63, 3.8) is 0 Å². The number of carbonyl (C=O) groups is 2. The molecule has 0 saturated heterocycles. The van der Waals surface area contributed by atoms with Crippen LogP contribution in [0.1, 0.15) is 12.0 Å². The van der Waals surface area contributed by atoms with Gasteiger partial charge in [0.1, 0.15) is 5.41 Å². The van der Waals surface area contributed by atoms with Gasteiger partial charge >= 0.3 is 11.9 Å². The Bertz CT molecular complexity index is 686. The van der Waals surface area contributed by atoms with E-state index < -0.39 is 23.3 Å². The topological polar surface area (TPSA) is 74.6 Å². The Labute approximate surface area is 109 Å². The highest BCUT2D eigenvalue weighted by Gasteiger charge is 2.66. The van der Waals surface area contributed by atoms with Gasteiger partial charge in [0.25, 0.3) is 0 Å². The lowest BCUT2D eigenvalue weighted by atomic mass is 9.89. The minimum absolute atomic E-state index is 0.158. The summed E-state index contributed by atoms with van der Waals surface area (Å²) in [6, 6.07) is 12.8. The molecule has 0 spiro atoms. The van der Waals surface area contributed by atoms with Crippen molar-refractivity contribution in [2.24, 2.45) is 5.92 Å². The smallest absolute Gasteiger partial charge is 0.315 e. The Balaban J connectivity index is 2.24. The van der Waals surface area contributed by atoms with Crippen LogP contribution < -0.4 is 0 Å². The number of aliphatic carboxylic acids is 2. The van der Waals surface area contributed by atoms with E-state index in [9.17, 15) is 14.7 Å². The van der Waals surface area contributed by atoms with E-state index in [2.05, 4.69) is 0 Å². The second-order valence-electron chi connectivity index (χ2n) is 4.90. The van der Waals surface area contributed by atoms with Crippen molar-refractivity contribution in [3.05, 3.63) is 48.0 Å². The zero-order chi connectivity index (χ0) is 13.6. The van der Waals surface area contributed by atoms with E-state index in [0.717, 1.165) is 10.8 Å². The predicted octanol–water partition coefficient (Wildman–Crippen LogP) is 2.27. The third-order valence-corrected chi connectivity index (χ3v) is 3.91. The van der Waals surface area contributed by atoms with Crippen LogP contribution in [0.4, 0.5) is 0 Å². The van der Waals surface area contributed by atoms with Gasteiger partial charge in [-0.25, -0.2) is 0 Å². The predicted molar refractivity (Wildman–Crippen MR) is 69.0 cm³/mol. The summed E-state index contributed by atoms with van der Waals surface area (Å²) < 4.78 is 0. The molecule has 2 aromatic rings. The number of hydrogen-bond donors (Lipinski definition) is 2. The first-order valence-corrected chi connectivity index (χ1v) is 6.02. The summed E-state index contributed by atoms with van der Waals surface area (Å²) in [6.07, 6.45) is 0.158. The Hall–Kier alpha value is -2.36. The lowest BCUT2D eigenvalue weighted by Crippen LogP contribution is -2.25. The molecule has 1 saturated carbocycles. The molecule has 2 unspecified atom stereocenters. The molecular formula is C15H12O4. The monoisotopic (exact) mass is 256 g/mol. The Kier molecular flexibility index (Phi) is 2.35. The van der Waals surface area contributed by atoms with Gasteiger partial charge in [-0.15, -0.1) is 0 Å². The van der Waals surface area contributed by atoms with Crippen LogP contribution in [-0.4, -0.2) is 22.2 Å². The zero-order valence-electron chi connectivity index (χ0n) is 10.0. The summed E-state index contributed by atoms with van der Waals surface area (Å²) in [5.74, 6) is -2.94. The number of rotatable bonds is 3. The van der Waals surface area contributed by atoms with E-state index in [0.29, 0.717) is 5.56 Å². The third-order valence-electron chi connectivity index (χ3n) is 3.91. The first-order valence-electron chi connectivity index (χ1n) is 6.02. The van der Waals surface area contributed by atoms with Gasteiger partial charge in [-0.3, -0.25) is 9.59 Å². The standard InChI is InChI=1S/C15H12O4/c16-13(17)12-8-15(12,14(18)19)11-7-3-5-9-4-1-2-6-10(9)11/h1-7,12H,8H2,(H,16,17)(H,18,19). The van der Waals surface area contributed by atoms with Crippen molar-refractivity contribution in [2.45, 2.75) is 11.8 Å². The molecule has 0 amide bonds. The Morgan fingerprint density at radius 2 is 1.74 bits per heavy atom. The molecule has 1 aliphatic carbocycles. The summed E-state index contributed by atoms with van der Waals surface area (Å²) in [4.78, 5) is 22.7. The number of fused-ring (bicyclic) bond motifs is 1. The van der Waals surface area contributed by atoms with E-state index in [1.807, 2.05) is 30.3 Å². The molecule has 19 heavy (non-hydrogen) atoms. The maximum absolute atomic E-state index is 11.6. The average Bonchev–Trinajstić information content (AvgIpc) is 3.15. The molecule has 3 rings (SSSR count). The van der Waals surface area contributed by atoms with E-state index in [1.54, 1.807) is 12.1 Å². The lowest BCUT2D eigenvalue weighted by molar-refractivity contribution is -0.145. The van der Waals surface area contributed by atoms with Crippen LogP contribution in [0.25, 0.3) is 10.8 Å². The molecule has 0 radical (unpaired) electrons. The molecular weight excluding hydrogens is 244 g/mol. The molecule has 96 valence electrons. The molecule has 4 heteroatoms. The summed E-state index contributed by atoms with van der Waals surface area (Å²) >= 11 is 0. The maximum Gasteiger partial charge on any atom is 0.315 e. The van der Waals surface area contributed by atoms with E-state index in [1.165, 1.54) is 0 Å². The van der Waals surface area contributed by atoms with Crippen LogP contribution in [0, 0.1) is 5.92 Å².